The molecule has 0 heterocycles. The van der Waals surface area contributed by atoms with E-state index in [1.54, 1.807) is 6.92 Å². The Balaban J connectivity index is 3.63. The van der Waals surface area contributed by atoms with Crippen LogP contribution in [0.25, 0.3) is 0 Å². The van der Waals surface area contributed by atoms with Crippen LogP contribution in [-0.2, 0) is 14.3 Å². The molecule has 0 aliphatic heterocycles. The average Bonchev–Trinajstić information content (AvgIpc) is 2.45. The maximum Gasteiger partial charge on any atom is 0.333 e. The zero-order chi connectivity index (χ0) is 16.1. The summed E-state index contributed by atoms with van der Waals surface area (Å²) in [6, 6.07) is -0.379. The predicted molar refractivity (Wildman–Crippen MR) is 75.7 cm³/mol. The van der Waals surface area contributed by atoms with Crippen LogP contribution in [0.5, 0.6) is 0 Å². The van der Waals surface area contributed by atoms with Crippen molar-refractivity contribution in [2.75, 3.05) is 52.7 Å². The number of urea groups is 1. The third-order valence-electron chi connectivity index (χ3n) is 2.36. The van der Waals surface area contributed by atoms with Crippen molar-refractivity contribution in [3.05, 3.63) is 12.2 Å². The number of rotatable bonds is 11. The molecular formula is C13H24N2O6. The molecule has 8 heteroatoms. The Labute approximate surface area is 124 Å². The van der Waals surface area contributed by atoms with Crippen LogP contribution in [0, 0.1) is 0 Å². The number of hydrogen-bond donors (Lipinski definition) is 3. The Bertz CT molecular complexity index is 329. The van der Waals surface area contributed by atoms with Gasteiger partial charge in [-0.25, -0.2) is 9.59 Å². The fourth-order valence-electron chi connectivity index (χ4n) is 1.32. The normalized spacial score (nSPS) is 10.0. The smallest absolute Gasteiger partial charge is 0.333 e. The van der Waals surface area contributed by atoms with Gasteiger partial charge in [-0.15, -0.1) is 0 Å². The van der Waals surface area contributed by atoms with E-state index >= 15 is 0 Å². The lowest BCUT2D eigenvalue weighted by molar-refractivity contribution is -0.140. The van der Waals surface area contributed by atoms with Crippen molar-refractivity contribution in [2.45, 2.75) is 6.92 Å². The number of carbonyl (C=O) groups is 2. The highest BCUT2D eigenvalue weighted by atomic mass is 16.6. The van der Waals surface area contributed by atoms with Gasteiger partial charge in [-0.3, -0.25) is 0 Å². The molecule has 0 aromatic carbocycles. The van der Waals surface area contributed by atoms with Crippen LogP contribution >= 0.6 is 0 Å². The fraction of sp³-hybridized carbons (Fsp3) is 0.692. The second kappa shape index (κ2) is 12.1. The second-order valence-corrected chi connectivity index (χ2v) is 4.19. The molecule has 0 fully saturated rings. The molecule has 0 saturated carbocycles. The van der Waals surface area contributed by atoms with Gasteiger partial charge >= 0.3 is 12.0 Å². The molecule has 3 N–H and O–H groups in total. The minimum Gasteiger partial charge on any atom is -0.460 e. The summed E-state index contributed by atoms with van der Waals surface area (Å²) < 4.78 is 9.99. The fourth-order valence-corrected chi connectivity index (χ4v) is 1.32. The molecule has 0 radical (unpaired) electrons. The van der Waals surface area contributed by atoms with E-state index in [1.165, 1.54) is 4.90 Å². The predicted octanol–water partition coefficient (Wildman–Crippen LogP) is -0.881. The summed E-state index contributed by atoms with van der Waals surface area (Å²) in [6.07, 6.45) is 0. The first-order valence-electron chi connectivity index (χ1n) is 6.67. The van der Waals surface area contributed by atoms with Crippen molar-refractivity contribution >= 4 is 12.0 Å². The Morgan fingerprint density at radius 2 is 1.76 bits per heavy atom. The van der Waals surface area contributed by atoms with Gasteiger partial charge in [0.05, 0.1) is 26.4 Å². The molecule has 0 bridgehead atoms. The molecule has 0 aromatic rings. The summed E-state index contributed by atoms with van der Waals surface area (Å²) in [5, 5.41) is 20.2. The third kappa shape index (κ3) is 9.83. The number of aliphatic hydroxyl groups excluding tert-OH is 2. The molecule has 0 unspecified atom stereocenters. The molecule has 0 aliphatic rings. The van der Waals surface area contributed by atoms with Crippen molar-refractivity contribution < 1.29 is 29.3 Å². The topological polar surface area (TPSA) is 108 Å². The van der Waals surface area contributed by atoms with Crippen LogP contribution < -0.4 is 5.32 Å². The Hall–Kier alpha value is -1.64. The number of hydrogen-bond acceptors (Lipinski definition) is 6. The zero-order valence-electron chi connectivity index (χ0n) is 12.3. The molecule has 0 aliphatic carbocycles. The van der Waals surface area contributed by atoms with Crippen molar-refractivity contribution in [3.63, 3.8) is 0 Å². The van der Waals surface area contributed by atoms with Crippen LogP contribution in [0.3, 0.4) is 0 Å². The van der Waals surface area contributed by atoms with Crippen LogP contribution in [0.1, 0.15) is 6.92 Å². The first-order valence-corrected chi connectivity index (χ1v) is 6.67. The molecule has 0 atom stereocenters. The molecule has 122 valence electrons. The van der Waals surface area contributed by atoms with Gasteiger partial charge in [-0.05, 0) is 6.92 Å². The standard InChI is InChI=1S/C13H24N2O6/c1-11(2)12(18)21-10-9-20-8-3-14-13(19)15(4-6-16)5-7-17/h16-17H,1,3-10H2,2H3,(H,14,19). The van der Waals surface area contributed by atoms with Crippen LogP contribution in [0.2, 0.25) is 0 Å². The highest BCUT2D eigenvalue weighted by Gasteiger charge is 2.11. The Morgan fingerprint density at radius 1 is 1.14 bits per heavy atom. The largest absolute Gasteiger partial charge is 0.460 e. The van der Waals surface area contributed by atoms with Crippen LogP contribution in [0.15, 0.2) is 12.2 Å². The number of amides is 2. The third-order valence-corrected chi connectivity index (χ3v) is 2.36. The second-order valence-electron chi connectivity index (χ2n) is 4.19. The van der Waals surface area contributed by atoms with Crippen molar-refractivity contribution in [2.24, 2.45) is 0 Å². The number of carbonyl (C=O) groups excluding carboxylic acids is 2. The number of ether oxygens (including phenoxy) is 2. The summed E-state index contributed by atoms with van der Waals surface area (Å²) in [5.41, 5.74) is 0.329. The summed E-state index contributed by atoms with van der Waals surface area (Å²) in [7, 11) is 0. The van der Waals surface area contributed by atoms with Crippen LogP contribution in [-0.4, -0.2) is 79.8 Å². The van der Waals surface area contributed by atoms with Gasteiger partial charge in [-0.1, -0.05) is 6.58 Å². The van der Waals surface area contributed by atoms with E-state index in [9.17, 15) is 9.59 Å². The van der Waals surface area contributed by atoms with Gasteiger partial charge < -0.3 is 29.9 Å². The van der Waals surface area contributed by atoms with Crippen LogP contribution in [0.4, 0.5) is 4.79 Å². The molecule has 0 spiro atoms. The Kier molecular flexibility index (Phi) is 11.2. The summed E-state index contributed by atoms with van der Waals surface area (Å²) in [6.45, 7) is 5.88. The molecule has 0 saturated heterocycles. The van der Waals surface area contributed by atoms with Crippen molar-refractivity contribution in [1.29, 1.82) is 0 Å². The van der Waals surface area contributed by atoms with Crippen molar-refractivity contribution in [1.82, 2.24) is 10.2 Å². The Morgan fingerprint density at radius 3 is 2.29 bits per heavy atom. The summed E-state index contributed by atoms with van der Waals surface area (Å²) in [5.74, 6) is -0.462. The molecule has 2 amide bonds. The molecule has 8 nitrogen and oxygen atoms in total. The van der Waals surface area contributed by atoms with E-state index in [1.807, 2.05) is 0 Å². The molecule has 0 aromatic heterocycles. The SMILES string of the molecule is C=C(C)C(=O)OCCOCCNC(=O)N(CCO)CCO. The van der Waals surface area contributed by atoms with E-state index in [0.29, 0.717) is 5.57 Å². The number of esters is 1. The van der Waals surface area contributed by atoms with Crippen molar-refractivity contribution in [3.8, 4) is 0 Å². The lowest BCUT2D eigenvalue weighted by Gasteiger charge is -2.21. The van der Waals surface area contributed by atoms with Gasteiger partial charge in [0.1, 0.15) is 6.61 Å². The minimum atomic E-state index is -0.462. The van der Waals surface area contributed by atoms with Gasteiger partial charge in [0.2, 0.25) is 0 Å². The first-order chi connectivity index (χ1) is 10.0. The maximum absolute atomic E-state index is 11.6. The number of nitrogens with zero attached hydrogens (tertiary/aromatic N) is 1. The monoisotopic (exact) mass is 304 g/mol. The summed E-state index contributed by atoms with van der Waals surface area (Å²) in [4.78, 5) is 24.0. The zero-order valence-corrected chi connectivity index (χ0v) is 12.3. The first kappa shape index (κ1) is 19.4. The number of aliphatic hydroxyl groups is 2. The quantitative estimate of drug-likeness (QED) is 0.260. The highest BCUT2D eigenvalue weighted by molar-refractivity contribution is 5.86. The van der Waals surface area contributed by atoms with E-state index in [4.69, 9.17) is 19.7 Å². The number of nitrogens with one attached hydrogen (secondary N) is 1. The molecular weight excluding hydrogens is 280 g/mol. The highest BCUT2D eigenvalue weighted by Crippen LogP contribution is 1.92. The average molecular weight is 304 g/mol. The van der Waals surface area contributed by atoms with E-state index < -0.39 is 5.97 Å². The lowest BCUT2D eigenvalue weighted by Crippen LogP contribution is -2.44. The lowest BCUT2D eigenvalue weighted by atomic mass is 10.4. The molecule has 21 heavy (non-hydrogen) atoms. The van der Waals surface area contributed by atoms with E-state index in [-0.39, 0.29) is 58.7 Å². The van der Waals surface area contributed by atoms with Gasteiger partial charge in [0, 0.05) is 25.2 Å². The summed E-state index contributed by atoms with van der Waals surface area (Å²) >= 11 is 0. The molecule has 0 rings (SSSR count). The van der Waals surface area contributed by atoms with E-state index in [0.717, 1.165) is 0 Å². The van der Waals surface area contributed by atoms with Gasteiger partial charge in [-0.2, -0.15) is 0 Å². The van der Waals surface area contributed by atoms with Gasteiger partial charge in [0.25, 0.3) is 0 Å². The van der Waals surface area contributed by atoms with Gasteiger partial charge in [0.15, 0.2) is 0 Å². The maximum atomic E-state index is 11.6. The minimum absolute atomic E-state index is 0.126. The van der Waals surface area contributed by atoms with E-state index in [2.05, 4.69) is 11.9 Å².